The van der Waals surface area contributed by atoms with E-state index in [0.29, 0.717) is 24.2 Å². The Morgan fingerprint density at radius 2 is 2.00 bits per heavy atom. The molecule has 0 fully saturated rings. The molecular weight excluding hydrogens is 467 g/mol. The van der Waals surface area contributed by atoms with Gasteiger partial charge in [0.15, 0.2) is 0 Å². The molecular formula is C27H41O7P. The monoisotopic (exact) mass is 508 g/mol. The number of rotatable bonds is 13. The smallest absolute Gasteiger partial charge is 0.472 e. The van der Waals surface area contributed by atoms with Crippen molar-refractivity contribution < 1.29 is 33.1 Å². The molecule has 1 unspecified atom stereocenters. The van der Waals surface area contributed by atoms with Crippen LogP contribution in [0.2, 0.25) is 0 Å². The molecule has 1 aromatic rings. The number of phenols is 1. The van der Waals surface area contributed by atoms with Crippen LogP contribution in [0.3, 0.4) is 0 Å². The number of ether oxygens (including phenoxy) is 1. The lowest BCUT2D eigenvalue weighted by atomic mass is 9.73. The number of aryl methyl sites for hydroxylation is 1. The summed E-state index contributed by atoms with van der Waals surface area (Å²) < 4.78 is 27.3. The maximum Gasteiger partial charge on any atom is 0.472 e. The fourth-order valence-electron chi connectivity index (χ4n) is 4.45. The third kappa shape index (κ3) is 9.23. The minimum Gasteiger partial charge on any atom is -0.507 e. The molecule has 0 aliphatic heterocycles. The summed E-state index contributed by atoms with van der Waals surface area (Å²) in [4.78, 5) is 22.3. The Labute approximate surface area is 209 Å². The second-order valence-corrected chi connectivity index (χ2v) is 11.1. The molecule has 1 aliphatic rings. The number of carbonyl (C=O) groups is 1. The first-order chi connectivity index (χ1) is 16.4. The fraction of sp³-hybridized carbons (Fsp3) is 0.593. The van der Waals surface area contributed by atoms with Gasteiger partial charge in [0.05, 0.1) is 12.7 Å². The number of phenolic OH excluding ortho intramolecular Hbond substituents is 1. The summed E-state index contributed by atoms with van der Waals surface area (Å²) >= 11 is 0. The minimum absolute atomic E-state index is 0.00175. The van der Waals surface area contributed by atoms with Crippen LogP contribution in [0.5, 0.6) is 11.5 Å². The summed E-state index contributed by atoms with van der Waals surface area (Å²) in [6.07, 6.45) is 6.23. The average molecular weight is 509 g/mol. The fourth-order valence-corrected chi connectivity index (χ4v) is 5.40. The molecule has 1 aromatic carbocycles. The number of esters is 1. The maximum absolute atomic E-state index is 12.7. The van der Waals surface area contributed by atoms with Crippen LogP contribution in [-0.2, 0) is 24.8 Å². The van der Waals surface area contributed by atoms with Crippen molar-refractivity contribution in [3.8, 4) is 11.5 Å². The van der Waals surface area contributed by atoms with Gasteiger partial charge in [0.1, 0.15) is 11.5 Å². The molecule has 35 heavy (non-hydrogen) atoms. The van der Waals surface area contributed by atoms with Gasteiger partial charge in [-0.15, -0.1) is 0 Å². The van der Waals surface area contributed by atoms with Gasteiger partial charge in [-0.1, -0.05) is 37.1 Å². The molecule has 2 rings (SSSR count). The van der Waals surface area contributed by atoms with Crippen LogP contribution in [0.4, 0.5) is 0 Å². The lowest BCUT2D eigenvalue weighted by Crippen LogP contribution is -2.19. The first-order valence-electron chi connectivity index (χ1n) is 12.5. The Morgan fingerprint density at radius 1 is 1.29 bits per heavy atom. The van der Waals surface area contributed by atoms with Crippen LogP contribution >= 0.6 is 7.82 Å². The standard InChI is InChI=1S/C27H41O7P/c1-7-10-21-16-24(28)27(23-15-20(6)12-13-22(23)18(2)3)25(17-21)33-26(29)11-8-9-14-32-35(30,31)34-19(4)5/h15-17,19,22-23,28H,2,7-14H2,1,3-6H3,(H,30,31)/t22-,23+/m0/s1. The Kier molecular flexibility index (Phi) is 11.2. The highest BCUT2D eigenvalue weighted by molar-refractivity contribution is 7.47. The third-order valence-corrected chi connectivity index (χ3v) is 7.23. The molecule has 2 N–H and O–H groups in total. The van der Waals surface area contributed by atoms with E-state index in [-0.39, 0.29) is 30.6 Å². The molecule has 0 heterocycles. The largest absolute Gasteiger partial charge is 0.507 e. The predicted molar refractivity (Wildman–Crippen MR) is 138 cm³/mol. The van der Waals surface area contributed by atoms with E-state index in [1.54, 1.807) is 19.9 Å². The number of carbonyl (C=O) groups excluding carboxylic acids is 1. The Morgan fingerprint density at radius 3 is 2.63 bits per heavy atom. The molecule has 7 nitrogen and oxygen atoms in total. The molecule has 0 bridgehead atoms. The number of phosphoric acid groups is 1. The van der Waals surface area contributed by atoms with Crippen LogP contribution in [0.1, 0.15) is 90.2 Å². The van der Waals surface area contributed by atoms with Crippen molar-refractivity contribution in [1.29, 1.82) is 0 Å². The molecule has 0 aromatic heterocycles. The summed E-state index contributed by atoms with van der Waals surface area (Å²) in [6.45, 7) is 13.6. The third-order valence-electron chi connectivity index (χ3n) is 6.03. The summed E-state index contributed by atoms with van der Waals surface area (Å²) in [7, 11) is -4.08. The Bertz CT molecular complexity index is 967. The number of phosphoric ester groups is 1. The molecule has 0 saturated carbocycles. The molecule has 196 valence electrons. The van der Waals surface area contributed by atoms with E-state index in [1.807, 2.05) is 13.0 Å². The minimum atomic E-state index is -4.08. The molecule has 0 spiro atoms. The van der Waals surface area contributed by atoms with Crippen molar-refractivity contribution in [3.05, 3.63) is 47.1 Å². The van der Waals surface area contributed by atoms with Crippen LogP contribution < -0.4 is 4.74 Å². The summed E-state index contributed by atoms with van der Waals surface area (Å²) in [6, 6.07) is 3.63. The second-order valence-electron chi connectivity index (χ2n) is 9.69. The molecule has 0 saturated heterocycles. The number of hydrogen-bond donors (Lipinski definition) is 2. The van der Waals surface area contributed by atoms with Gasteiger partial charge in [0.2, 0.25) is 0 Å². The van der Waals surface area contributed by atoms with E-state index in [2.05, 4.69) is 26.5 Å². The Balaban J connectivity index is 2.14. The zero-order valence-electron chi connectivity index (χ0n) is 21.7. The first kappa shape index (κ1) is 29.3. The van der Waals surface area contributed by atoms with E-state index >= 15 is 0 Å². The SMILES string of the molecule is C=C(C)[C@@H]1CCC(C)=C[C@H]1c1c(O)cc(CCC)cc1OC(=O)CCCCOP(=O)(O)OC(C)C. The van der Waals surface area contributed by atoms with E-state index in [1.165, 1.54) is 5.57 Å². The van der Waals surface area contributed by atoms with Gasteiger partial charge in [0, 0.05) is 17.9 Å². The van der Waals surface area contributed by atoms with Crippen molar-refractivity contribution in [2.75, 3.05) is 6.61 Å². The van der Waals surface area contributed by atoms with Crippen LogP contribution in [-0.4, -0.2) is 28.7 Å². The van der Waals surface area contributed by atoms with E-state index in [4.69, 9.17) is 13.8 Å². The molecule has 3 atom stereocenters. The van der Waals surface area contributed by atoms with E-state index in [9.17, 15) is 19.4 Å². The van der Waals surface area contributed by atoms with E-state index < -0.39 is 19.9 Å². The van der Waals surface area contributed by atoms with Gasteiger partial charge in [-0.25, -0.2) is 4.57 Å². The van der Waals surface area contributed by atoms with Gasteiger partial charge in [-0.2, -0.15) is 0 Å². The summed E-state index contributed by atoms with van der Waals surface area (Å²) in [5.74, 6) is 0.139. The van der Waals surface area contributed by atoms with Gasteiger partial charge in [-0.05, 0) is 83.4 Å². The highest BCUT2D eigenvalue weighted by Gasteiger charge is 2.31. The van der Waals surface area contributed by atoms with Crippen molar-refractivity contribution in [2.24, 2.45) is 5.92 Å². The van der Waals surface area contributed by atoms with Crippen LogP contribution in [0, 0.1) is 5.92 Å². The number of allylic oxidation sites excluding steroid dienone is 3. The number of hydrogen-bond acceptors (Lipinski definition) is 6. The molecule has 0 amide bonds. The lowest BCUT2D eigenvalue weighted by molar-refractivity contribution is -0.134. The molecule has 8 heteroatoms. The zero-order valence-corrected chi connectivity index (χ0v) is 22.6. The van der Waals surface area contributed by atoms with E-state index in [0.717, 1.165) is 36.8 Å². The molecule has 1 aliphatic carbocycles. The maximum atomic E-state index is 12.7. The molecule has 0 radical (unpaired) electrons. The average Bonchev–Trinajstić information content (AvgIpc) is 2.72. The summed E-state index contributed by atoms with van der Waals surface area (Å²) in [5, 5.41) is 11.0. The lowest BCUT2D eigenvalue weighted by Gasteiger charge is -2.32. The zero-order chi connectivity index (χ0) is 26.2. The van der Waals surface area contributed by atoms with Crippen molar-refractivity contribution >= 4 is 13.8 Å². The van der Waals surface area contributed by atoms with Gasteiger partial charge >= 0.3 is 13.8 Å². The van der Waals surface area contributed by atoms with Gasteiger partial charge in [-0.3, -0.25) is 13.8 Å². The van der Waals surface area contributed by atoms with Gasteiger partial charge < -0.3 is 14.7 Å². The quantitative estimate of drug-likeness (QED) is 0.0974. The van der Waals surface area contributed by atoms with Crippen LogP contribution in [0.15, 0.2) is 35.9 Å². The number of aromatic hydroxyl groups is 1. The number of unbranched alkanes of at least 4 members (excludes halogenated alkanes) is 1. The van der Waals surface area contributed by atoms with Gasteiger partial charge in [0.25, 0.3) is 0 Å². The highest BCUT2D eigenvalue weighted by atomic mass is 31.2. The Hall–Kier alpha value is -1.92. The van der Waals surface area contributed by atoms with Crippen LogP contribution in [0.25, 0.3) is 0 Å². The highest BCUT2D eigenvalue weighted by Crippen LogP contribution is 2.47. The topological polar surface area (TPSA) is 102 Å². The predicted octanol–water partition coefficient (Wildman–Crippen LogP) is 6.98. The second kappa shape index (κ2) is 13.4. The van der Waals surface area contributed by atoms with Crippen molar-refractivity contribution in [2.45, 2.75) is 91.6 Å². The first-order valence-corrected chi connectivity index (χ1v) is 14.0. The van der Waals surface area contributed by atoms with Crippen molar-refractivity contribution in [1.82, 2.24) is 0 Å². The summed E-state index contributed by atoms with van der Waals surface area (Å²) in [5.41, 5.74) is 3.82. The normalized spacial score (nSPS) is 19.8. The van der Waals surface area contributed by atoms with Crippen molar-refractivity contribution in [3.63, 3.8) is 0 Å². The number of benzene rings is 1.